The number of nitrogens with zero attached hydrogens (tertiary/aromatic N) is 2. The van der Waals surface area contributed by atoms with E-state index in [1.165, 1.54) is 5.69 Å². The van der Waals surface area contributed by atoms with Crippen molar-refractivity contribution in [3.8, 4) is 0 Å². The highest BCUT2D eigenvalue weighted by Gasteiger charge is 2.15. The first-order valence-electron chi connectivity index (χ1n) is 6.72. The minimum Gasteiger partial charge on any atom is -0.409 e. The molecule has 0 heterocycles. The summed E-state index contributed by atoms with van der Waals surface area (Å²) in [6, 6.07) is 6.34. The van der Waals surface area contributed by atoms with E-state index < -0.39 is 0 Å². The maximum absolute atomic E-state index is 8.72. The van der Waals surface area contributed by atoms with Crippen LogP contribution in [-0.2, 0) is 0 Å². The van der Waals surface area contributed by atoms with Gasteiger partial charge in [-0.3, -0.25) is 0 Å². The molecule has 106 valence electrons. The standard InChI is InChI=1S/C15H25N3O/c1-10(2)9-18(11(3)4)14-7-6-13(8-12(14)5)15(16)17-19/h6-8,10-11,19H,9H2,1-5H3,(H2,16,17). The van der Waals surface area contributed by atoms with Crippen molar-refractivity contribution < 1.29 is 5.21 Å². The average molecular weight is 263 g/mol. The van der Waals surface area contributed by atoms with Gasteiger partial charge in [-0.15, -0.1) is 0 Å². The van der Waals surface area contributed by atoms with Crippen LogP contribution in [0, 0.1) is 12.8 Å². The van der Waals surface area contributed by atoms with Gasteiger partial charge in [0.1, 0.15) is 0 Å². The summed E-state index contributed by atoms with van der Waals surface area (Å²) >= 11 is 0. The highest BCUT2D eigenvalue weighted by atomic mass is 16.4. The summed E-state index contributed by atoms with van der Waals surface area (Å²) in [6.07, 6.45) is 0. The molecule has 0 aliphatic rings. The van der Waals surface area contributed by atoms with Gasteiger partial charge in [0.05, 0.1) is 0 Å². The van der Waals surface area contributed by atoms with Crippen LogP contribution in [0.2, 0.25) is 0 Å². The van der Waals surface area contributed by atoms with Gasteiger partial charge >= 0.3 is 0 Å². The van der Waals surface area contributed by atoms with Gasteiger partial charge in [0.25, 0.3) is 0 Å². The summed E-state index contributed by atoms with van der Waals surface area (Å²) < 4.78 is 0. The van der Waals surface area contributed by atoms with Crippen molar-refractivity contribution in [2.75, 3.05) is 11.4 Å². The molecule has 19 heavy (non-hydrogen) atoms. The molecule has 1 aromatic rings. The Balaban J connectivity index is 3.12. The topological polar surface area (TPSA) is 61.9 Å². The Morgan fingerprint density at radius 1 is 1.32 bits per heavy atom. The van der Waals surface area contributed by atoms with Crippen molar-refractivity contribution in [3.05, 3.63) is 29.3 Å². The third-order valence-electron chi connectivity index (χ3n) is 3.09. The van der Waals surface area contributed by atoms with Gasteiger partial charge < -0.3 is 15.8 Å². The predicted octanol–water partition coefficient (Wildman–Crippen LogP) is 2.96. The van der Waals surface area contributed by atoms with E-state index in [-0.39, 0.29) is 5.84 Å². The summed E-state index contributed by atoms with van der Waals surface area (Å²) in [7, 11) is 0. The molecule has 0 aliphatic heterocycles. The molecule has 0 radical (unpaired) electrons. The van der Waals surface area contributed by atoms with E-state index in [0.29, 0.717) is 12.0 Å². The zero-order valence-corrected chi connectivity index (χ0v) is 12.5. The molecule has 0 saturated heterocycles. The van der Waals surface area contributed by atoms with Crippen LogP contribution < -0.4 is 10.6 Å². The first-order chi connectivity index (χ1) is 8.86. The molecule has 1 rings (SSSR count). The molecule has 0 saturated carbocycles. The number of benzene rings is 1. The molecule has 0 aliphatic carbocycles. The second kappa shape index (κ2) is 6.45. The number of aryl methyl sites for hydroxylation is 1. The van der Waals surface area contributed by atoms with Crippen LogP contribution in [0.15, 0.2) is 23.4 Å². The number of oxime groups is 1. The maximum atomic E-state index is 8.72. The summed E-state index contributed by atoms with van der Waals surface area (Å²) in [5, 5.41) is 11.8. The van der Waals surface area contributed by atoms with E-state index in [2.05, 4.69) is 44.7 Å². The fourth-order valence-corrected chi connectivity index (χ4v) is 2.18. The van der Waals surface area contributed by atoms with Crippen LogP contribution in [0.1, 0.15) is 38.8 Å². The fourth-order valence-electron chi connectivity index (χ4n) is 2.18. The fraction of sp³-hybridized carbons (Fsp3) is 0.533. The molecule has 4 nitrogen and oxygen atoms in total. The number of hydrogen-bond donors (Lipinski definition) is 2. The zero-order chi connectivity index (χ0) is 14.6. The first-order valence-corrected chi connectivity index (χ1v) is 6.72. The number of hydrogen-bond acceptors (Lipinski definition) is 3. The molecular formula is C15H25N3O. The second-order valence-corrected chi connectivity index (χ2v) is 5.63. The van der Waals surface area contributed by atoms with Crippen LogP contribution in [0.5, 0.6) is 0 Å². The Morgan fingerprint density at radius 3 is 2.37 bits per heavy atom. The minimum absolute atomic E-state index is 0.148. The van der Waals surface area contributed by atoms with Crippen molar-refractivity contribution in [3.63, 3.8) is 0 Å². The molecule has 4 heteroatoms. The van der Waals surface area contributed by atoms with Gasteiger partial charge in [0, 0.05) is 23.8 Å². The number of nitrogens with two attached hydrogens (primary N) is 1. The lowest BCUT2D eigenvalue weighted by Crippen LogP contribution is -2.34. The molecule has 0 aromatic heterocycles. The zero-order valence-electron chi connectivity index (χ0n) is 12.5. The van der Waals surface area contributed by atoms with Crippen molar-refractivity contribution in [2.24, 2.45) is 16.8 Å². The third kappa shape index (κ3) is 3.88. The Labute approximate surface area is 115 Å². The van der Waals surface area contributed by atoms with Crippen molar-refractivity contribution in [2.45, 2.75) is 40.7 Å². The molecule has 0 unspecified atom stereocenters. The highest BCUT2D eigenvalue weighted by Crippen LogP contribution is 2.24. The van der Waals surface area contributed by atoms with Gasteiger partial charge in [-0.2, -0.15) is 0 Å². The smallest absolute Gasteiger partial charge is 0.170 e. The lowest BCUT2D eigenvalue weighted by atomic mass is 10.1. The molecule has 3 N–H and O–H groups in total. The van der Waals surface area contributed by atoms with Crippen LogP contribution in [-0.4, -0.2) is 23.6 Å². The number of amidine groups is 1. The van der Waals surface area contributed by atoms with Crippen molar-refractivity contribution >= 4 is 11.5 Å². The summed E-state index contributed by atoms with van der Waals surface area (Å²) in [4.78, 5) is 2.38. The monoisotopic (exact) mass is 263 g/mol. The van der Waals surface area contributed by atoms with E-state index in [1.54, 1.807) is 0 Å². The third-order valence-corrected chi connectivity index (χ3v) is 3.09. The molecule has 0 bridgehead atoms. The second-order valence-electron chi connectivity index (χ2n) is 5.63. The van der Waals surface area contributed by atoms with E-state index in [4.69, 9.17) is 10.9 Å². The number of rotatable bonds is 5. The largest absolute Gasteiger partial charge is 0.409 e. The number of anilines is 1. The Morgan fingerprint density at radius 2 is 1.95 bits per heavy atom. The van der Waals surface area contributed by atoms with Crippen molar-refractivity contribution in [1.29, 1.82) is 0 Å². The van der Waals surface area contributed by atoms with Crippen LogP contribution in [0.4, 0.5) is 5.69 Å². The van der Waals surface area contributed by atoms with Crippen molar-refractivity contribution in [1.82, 2.24) is 0 Å². The maximum Gasteiger partial charge on any atom is 0.170 e. The molecule has 0 atom stereocenters. The summed E-state index contributed by atoms with van der Waals surface area (Å²) in [5.74, 6) is 0.750. The van der Waals surface area contributed by atoms with E-state index >= 15 is 0 Å². The summed E-state index contributed by atoms with van der Waals surface area (Å²) in [6.45, 7) is 11.9. The summed E-state index contributed by atoms with van der Waals surface area (Å²) in [5.41, 5.74) is 8.71. The SMILES string of the molecule is Cc1cc(/C(N)=N/O)ccc1N(CC(C)C)C(C)C. The van der Waals surface area contributed by atoms with Gasteiger partial charge in [0.15, 0.2) is 5.84 Å². The normalized spacial score (nSPS) is 12.3. The van der Waals surface area contributed by atoms with E-state index in [0.717, 1.165) is 17.7 Å². The van der Waals surface area contributed by atoms with Gasteiger partial charge in [-0.05, 0) is 50.5 Å². The molecule has 0 spiro atoms. The quantitative estimate of drug-likeness (QED) is 0.371. The van der Waals surface area contributed by atoms with Crippen LogP contribution in [0.25, 0.3) is 0 Å². The minimum atomic E-state index is 0.148. The lowest BCUT2D eigenvalue weighted by Gasteiger charge is -2.32. The molecule has 0 fully saturated rings. The van der Waals surface area contributed by atoms with Crippen LogP contribution >= 0.6 is 0 Å². The Bertz CT molecular complexity index is 453. The van der Waals surface area contributed by atoms with E-state index in [1.807, 2.05) is 18.2 Å². The highest BCUT2D eigenvalue weighted by molar-refractivity contribution is 5.97. The molecule has 0 amide bonds. The predicted molar refractivity (Wildman–Crippen MR) is 81.0 cm³/mol. The Kier molecular flexibility index (Phi) is 5.21. The molecule has 1 aromatic carbocycles. The first kappa shape index (κ1) is 15.3. The average Bonchev–Trinajstić information content (AvgIpc) is 2.34. The van der Waals surface area contributed by atoms with Gasteiger partial charge in [-0.1, -0.05) is 19.0 Å². The molecular weight excluding hydrogens is 238 g/mol. The Hall–Kier alpha value is -1.71. The van der Waals surface area contributed by atoms with E-state index in [9.17, 15) is 0 Å². The van der Waals surface area contributed by atoms with Crippen LogP contribution in [0.3, 0.4) is 0 Å². The van der Waals surface area contributed by atoms with Gasteiger partial charge in [-0.25, -0.2) is 0 Å². The van der Waals surface area contributed by atoms with Gasteiger partial charge in [0.2, 0.25) is 0 Å². The lowest BCUT2D eigenvalue weighted by molar-refractivity contribution is 0.318.